The van der Waals surface area contributed by atoms with Crippen LogP contribution < -0.4 is 4.90 Å². The number of quaternary nitrogens is 1. The van der Waals surface area contributed by atoms with Gasteiger partial charge in [0.1, 0.15) is 5.78 Å². The Morgan fingerprint density at radius 2 is 1.86 bits per heavy atom. The predicted octanol–water partition coefficient (Wildman–Crippen LogP) is -0.294. The Morgan fingerprint density at radius 1 is 1.29 bits per heavy atom. The second kappa shape index (κ2) is 5.62. The van der Waals surface area contributed by atoms with Crippen molar-refractivity contribution < 1.29 is 14.9 Å². The molecule has 7 heteroatoms. The lowest BCUT2D eigenvalue weighted by Crippen LogP contribution is -3.15. The van der Waals surface area contributed by atoms with Gasteiger partial charge in [-0.2, -0.15) is 5.06 Å². The second-order valence-corrected chi connectivity index (χ2v) is 7.46. The van der Waals surface area contributed by atoms with Gasteiger partial charge in [0, 0.05) is 12.0 Å². The van der Waals surface area contributed by atoms with E-state index in [4.69, 9.17) is 0 Å². The third-order valence-corrected chi connectivity index (χ3v) is 5.02. The van der Waals surface area contributed by atoms with Crippen LogP contribution in [-0.2, 0) is 4.79 Å². The van der Waals surface area contributed by atoms with Gasteiger partial charge in [-0.1, -0.05) is 0 Å². The van der Waals surface area contributed by atoms with Crippen molar-refractivity contribution >= 4 is 5.78 Å². The summed E-state index contributed by atoms with van der Waals surface area (Å²) in [7, 11) is 0. The Labute approximate surface area is 125 Å². The van der Waals surface area contributed by atoms with Gasteiger partial charge < -0.3 is 10.1 Å². The van der Waals surface area contributed by atoms with Crippen LogP contribution in [0.2, 0.25) is 0 Å². The van der Waals surface area contributed by atoms with E-state index in [2.05, 4.69) is 5.29 Å². The van der Waals surface area contributed by atoms with E-state index in [1.54, 1.807) is 0 Å². The summed E-state index contributed by atoms with van der Waals surface area (Å²) in [4.78, 5) is 24.3. The maximum atomic E-state index is 12.5. The van der Waals surface area contributed by atoms with Gasteiger partial charge in [-0.05, 0) is 27.7 Å². The summed E-state index contributed by atoms with van der Waals surface area (Å²) in [6.07, 6.45) is 0.368. The van der Waals surface area contributed by atoms with Crippen molar-refractivity contribution in [3.8, 4) is 0 Å². The molecule has 21 heavy (non-hydrogen) atoms. The van der Waals surface area contributed by atoms with Crippen molar-refractivity contribution in [3.63, 3.8) is 0 Å². The van der Waals surface area contributed by atoms with Crippen LogP contribution in [0.4, 0.5) is 0 Å². The van der Waals surface area contributed by atoms with Crippen LogP contribution in [0.25, 0.3) is 0 Å². The molecule has 2 N–H and O–H groups in total. The molecule has 0 unspecified atom stereocenters. The fraction of sp³-hybridized carbons (Fsp3) is 0.929. The van der Waals surface area contributed by atoms with Crippen LogP contribution in [0.1, 0.15) is 34.1 Å². The predicted molar refractivity (Wildman–Crippen MR) is 77.8 cm³/mol. The molecule has 0 aromatic heterocycles. The van der Waals surface area contributed by atoms with E-state index in [1.165, 1.54) is 15.0 Å². The van der Waals surface area contributed by atoms with Gasteiger partial charge in [-0.25, -0.2) is 5.01 Å². The van der Waals surface area contributed by atoms with Gasteiger partial charge in [0.05, 0.1) is 49.5 Å². The summed E-state index contributed by atoms with van der Waals surface area (Å²) in [6, 6.07) is 0. The van der Waals surface area contributed by atoms with Crippen LogP contribution in [0.3, 0.4) is 0 Å². The normalized spacial score (nSPS) is 30.4. The molecule has 2 fully saturated rings. The van der Waals surface area contributed by atoms with E-state index < -0.39 is 11.1 Å². The molecule has 0 amide bonds. The highest BCUT2D eigenvalue weighted by Crippen LogP contribution is 2.38. The molecule has 0 spiro atoms. The lowest BCUT2D eigenvalue weighted by molar-refractivity contribution is -0.907. The molecule has 1 atom stereocenters. The molecule has 2 rings (SSSR count). The Hall–Kier alpha value is -1.05. The van der Waals surface area contributed by atoms with E-state index in [0.29, 0.717) is 26.1 Å². The van der Waals surface area contributed by atoms with Crippen molar-refractivity contribution in [2.45, 2.75) is 45.2 Å². The van der Waals surface area contributed by atoms with Gasteiger partial charge in [0.25, 0.3) is 0 Å². The van der Waals surface area contributed by atoms with E-state index in [-0.39, 0.29) is 11.7 Å². The minimum absolute atomic E-state index is 0.193. The number of hydrogen-bond acceptors (Lipinski definition) is 5. The number of carbonyl (C=O) groups excluding carboxylic acids is 1. The topological polar surface area (TPSA) is 77.7 Å². The molecule has 7 nitrogen and oxygen atoms in total. The van der Waals surface area contributed by atoms with Crippen molar-refractivity contribution in [2.75, 3.05) is 32.7 Å². The molecular weight excluding hydrogens is 272 g/mol. The SMILES string of the molecule is CC1(C)CC(=O)[C@H](C[NH+]2CCN(N=O)CC2)C(C)(C)N1O. The number of hydroxylamine groups is 2. The molecule has 2 aliphatic heterocycles. The first kappa shape index (κ1) is 16.3. The van der Waals surface area contributed by atoms with E-state index >= 15 is 0 Å². The number of piperidine rings is 1. The lowest BCUT2D eigenvalue weighted by Gasteiger charge is -2.52. The minimum Gasteiger partial charge on any atom is -0.331 e. The summed E-state index contributed by atoms with van der Waals surface area (Å²) >= 11 is 0. The zero-order valence-electron chi connectivity index (χ0n) is 13.4. The van der Waals surface area contributed by atoms with Gasteiger partial charge in [-0.3, -0.25) is 4.79 Å². The highest BCUT2D eigenvalue weighted by Gasteiger charge is 2.52. The molecule has 0 radical (unpaired) electrons. The summed E-state index contributed by atoms with van der Waals surface area (Å²) in [5, 5.41) is 16.3. The molecule has 2 heterocycles. The van der Waals surface area contributed by atoms with Crippen molar-refractivity contribution in [3.05, 3.63) is 4.91 Å². The average Bonchev–Trinajstić information content (AvgIpc) is 2.42. The number of hydrogen-bond donors (Lipinski definition) is 2. The first-order valence-electron chi connectivity index (χ1n) is 7.62. The number of Topliss-reactive ketones (excluding diaryl/α,β-unsaturated/α-hetero) is 1. The molecule has 2 aliphatic rings. The number of nitrogens with zero attached hydrogens (tertiary/aromatic N) is 3. The monoisotopic (exact) mass is 299 g/mol. The molecule has 0 saturated carbocycles. The molecular formula is C14H27N4O3+. The van der Waals surface area contributed by atoms with Crippen LogP contribution >= 0.6 is 0 Å². The number of carbonyl (C=O) groups is 1. The third-order valence-electron chi connectivity index (χ3n) is 5.02. The summed E-state index contributed by atoms with van der Waals surface area (Å²) in [5.74, 6) is 0.0278. The van der Waals surface area contributed by atoms with Crippen molar-refractivity contribution in [2.24, 2.45) is 11.2 Å². The zero-order chi connectivity index (χ0) is 15.8. The van der Waals surface area contributed by atoms with Crippen molar-refractivity contribution in [1.82, 2.24) is 10.1 Å². The molecule has 0 aliphatic carbocycles. The van der Waals surface area contributed by atoms with Crippen LogP contribution in [0, 0.1) is 10.8 Å². The van der Waals surface area contributed by atoms with Crippen LogP contribution in [-0.4, -0.2) is 64.9 Å². The Bertz CT molecular complexity index is 416. The molecule has 0 aromatic rings. The van der Waals surface area contributed by atoms with Gasteiger partial charge in [-0.15, -0.1) is 4.91 Å². The molecule has 120 valence electrons. The highest BCUT2D eigenvalue weighted by atomic mass is 16.5. The van der Waals surface area contributed by atoms with E-state index in [9.17, 15) is 14.9 Å². The van der Waals surface area contributed by atoms with E-state index in [0.717, 1.165) is 13.1 Å². The van der Waals surface area contributed by atoms with Crippen molar-refractivity contribution in [1.29, 1.82) is 0 Å². The second-order valence-electron chi connectivity index (χ2n) is 7.46. The zero-order valence-corrected chi connectivity index (χ0v) is 13.4. The first-order chi connectivity index (χ1) is 9.68. The Kier molecular flexibility index (Phi) is 4.37. The van der Waals surface area contributed by atoms with Crippen LogP contribution in [0.15, 0.2) is 5.29 Å². The van der Waals surface area contributed by atoms with Gasteiger partial charge >= 0.3 is 0 Å². The van der Waals surface area contributed by atoms with Crippen LogP contribution in [0.5, 0.6) is 0 Å². The number of nitroso groups, excluding NO2 is 1. The number of ketones is 1. The maximum Gasteiger partial charge on any atom is 0.145 e. The number of piperazine rings is 1. The summed E-state index contributed by atoms with van der Waals surface area (Å²) in [6.45, 7) is 11.2. The number of rotatable bonds is 3. The smallest absolute Gasteiger partial charge is 0.145 e. The third kappa shape index (κ3) is 3.09. The highest BCUT2D eigenvalue weighted by molar-refractivity contribution is 5.84. The lowest BCUT2D eigenvalue weighted by atomic mass is 9.73. The van der Waals surface area contributed by atoms with Gasteiger partial charge in [0.15, 0.2) is 0 Å². The molecule has 0 aromatic carbocycles. The standard InChI is InChI=1S/C14H26N4O3/c1-13(2)9-12(19)11(14(3,4)18(13)21)10-16-5-7-17(15-20)8-6-16/h11,21H,5-10H2,1-4H3/p+1/t11-/m0/s1. The largest absolute Gasteiger partial charge is 0.331 e. The fourth-order valence-electron chi connectivity index (χ4n) is 3.70. The fourth-order valence-corrected chi connectivity index (χ4v) is 3.70. The molecule has 0 bridgehead atoms. The summed E-state index contributed by atoms with van der Waals surface area (Å²) in [5.41, 5.74) is -1.10. The number of nitrogens with one attached hydrogen (secondary N) is 1. The summed E-state index contributed by atoms with van der Waals surface area (Å²) < 4.78 is 0. The minimum atomic E-state index is -0.578. The maximum absolute atomic E-state index is 12.5. The quantitative estimate of drug-likeness (QED) is 0.700. The average molecular weight is 299 g/mol. The first-order valence-corrected chi connectivity index (χ1v) is 7.62. The Morgan fingerprint density at radius 3 is 2.38 bits per heavy atom. The van der Waals surface area contributed by atoms with Gasteiger partial charge in [0.2, 0.25) is 0 Å². The molecule has 2 saturated heterocycles. The van der Waals surface area contributed by atoms with E-state index in [1.807, 2.05) is 27.7 Å². The Balaban J connectivity index is 2.05.